The van der Waals surface area contributed by atoms with E-state index in [9.17, 15) is 18.7 Å². The second-order valence-electron chi connectivity index (χ2n) is 13.5. The third kappa shape index (κ3) is 4.87. The minimum atomic E-state index is -2.78. The zero-order chi connectivity index (χ0) is 28.6. The summed E-state index contributed by atoms with van der Waals surface area (Å²) in [5.41, 5.74) is 0.342. The van der Waals surface area contributed by atoms with Crippen LogP contribution < -0.4 is 4.90 Å². The number of alkyl halides is 2. The Bertz CT molecular complexity index is 1440. The summed E-state index contributed by atoms with van der Waals surface area (Å²) in [7, 11) is 0. The molecule has 0 saturated heterocycles. The highest BCUT2D eigenvalue weighted by Gasteiger charge is 2.55. The molecule has 2 bridgehead atoms. The molecular weight excluding hydrogens is 530 g/mol. The maximum atomic E-state index is 13.8. The van der Waals surface area contributed by atoms with E-state index >= 15 is 0 Å². The molecule has 2 heterocycles. The number of anilines is 1. The van der Waals surface area contributed by atoms with Gasteiger partial charge in [-0.3, -0.25) is 4.79 Å². The SMILES string of the molecule is CC(C)(O)c1coc(-c2cccc(N(CC34CCC(c5nc(C6CC6)no5)(CC3)CC4)C(=O)C3CC(F)(F)C3)c2)n1. The van der Waals surface area contributed by atoms with Gasteiger partial charge in [0.05, 0.1) is 0 Å². The first-order valence-electron chi connectivity index (χ1n) is 14.8. The van der Waals surface area contributed by atoms with Crippen LogP contribution in [0.4, 0.5) is 14.5 Å². The molecule has 0 radical (unpaired) electrons. The molecule has 1 aromatic carbocycles. The molecule has 5 fully saturated rings. The Balaban J connectivity index is 1.14. The van der Waals surface area contributed by atoms with Gasteiger partial charge in [-0.2, -0.15) is 4.98 Å². The van der Waals surface area contributed by atoms with Crippen molar-refractivity contribution in [2.24, 2.45) is 11.3 Å². The van der Waals surface area contributed by atoms with Gasteiger partial charge in [-0.05, 0) is 88.8 Å². The fraction of sp³-hybridized carbons (Fsp3) is 0.613. The molecule has 218 valence electrons. The maximum absolute atomic E-state index is 13.8. The summed E-state index contributed by atoms with van der Waals surface area (Å²) in [6.45, 7) is 3.74. The Morgan fingerprint density at radius 3 is 2.41 bits per heavy atom. The molecule has 0 spiro atoms. The van der Waals surface area contributed by atoms with Gasteiger partial charge in [-0.1, -0.05) is 11.2 Å². The van der Waals surface area contributed by atoms with Crippen LogP contribution in [0.3, 0.4) is 0 Å². The number of aromatic nitrogens is 3. The van der Waals surface area contributed by atoms with Gasteiger partial charge in [0.1, 0.15) is 17.6 Å². The van der Waals surface area contributed by atoms with Gasteiger partial charge < -0.3 is 18.9 Å². The number of carbonyl (C=O) groups excluding carboxylic acids is 1. The number of hydrogen-bond donors (Lipinski definition) is 1. The Kier molecular flexibility index (Phi) is 5.99. The van der Waals surface area contributed by atoms with Crippen molar-refractivity contribution in [3.63, 3.8) is 0 Å². The summed E-state index contributed by atoms with van der Waals surface area (Å²) in [5.74, 6) is -1.35. The van der Waals surface area contributed by atoms with Crippen LogP contribution in [0.15, 0.2) is 39.5 Å². The van der Waals surface area contributed by atoms with Gasteiger partial charge in [0.25, 0.3) is 0 Å². The molecule has 5 saturated carbocycles. The third-order valence-corrected chi connectivity index (χ3v) is 9.97. The number of halogens is 2. The van der Waals surface area contributed by atoms with Crippen LogP contribution in [-0.4, -0.2) is 38.6 Å². The number of fused-ring (bicyclic) bond motifs is 3. The van der Waals surface area contributed by atoms with Crippen LogP contribution in [0, 0.1) is 11.3 Å². The first-order chi connectivity index (χ1) is 19.4. The van der Waals surface area contributed by atoms with Crippen molar-refractivity contribution < 1.29 is 27.6 Å². The second kappa shape index (κ2) is 9.18. The Morgan fingerprint density at radius 2 is 1.80 bits per heavy atom. The number of carbonyl (C=O) groups is 1. The normalized spacial score (nSPS) is 27.5. The number of amides is 1. The van der Waals surface area contributed by atoms with E-state index in [2.05, 4.69) is 10.1 Å². The maximum Gasteiger partial charge on any atom is 0.249 e. The van der Waals surface area contributed by atoms with Crippen molar-refractivity contribution in [1.29, 1.82) is 0 Å². The average molecular weight is 567 g/mol. The van der Waals surface area contributed by atoms with Crippen molar-refractivity contribution in [3.8, 4) is 11.5 Å². The van der Waals surface area contributed by atoms with E-state index in [-0.39, 0.29) is 16.7 Å². The van der Waals surface area contributed by atoms with Gasteiger partial charge in [0.15, 0.2) is 5.82 Å². The molecule has 0 aliphatic heterocycles. The van der Waals surface area contributed by atoms with Crippen LogP contribution in [0.5, 0.6) is 0 Å². The Hall–Kier alpha value is -3.14. The summed E-state index contributed by atoms with van der Waals surface area (Å²) in [5, 5.41) is 14.6. The quantitative estimate of drug-likeness (QED) is 0.332. The van der Waals surface area contributed by atoms with Gasteiger partial charge in [-0.15, -0.1) is 0 Å². The molecule has 5 aliphatic carbocycles. The lowest BCUT2D eigenvalue weighted by molar-refractivity contribution is -0.148. The standard InChI is InChI=1S/C31H36F2N4O4/c1-28(2,39)23-17-40-25(34-23)20-4-3-5-22(14-20)37(26(38)21-15-31(32,33)16-21)18-29-8-11-30(12-9-29,13-10-29)27-35-24(36-41-27)19-6-7-19/h3-5,14,17,19,21,39H,6-13,15-16,18H2,1-2H3. The summed E-state index contributed by atoms with van der Waals surface area (Å²) in [6, 6.07) is 7.34. The van der Waals surface area contributed by atoms with Crippen LogP contribution in [0.25, 0.3) is 11.5 Å². The summed E-state index contributed by atoms with van der Waals surface area (Å²) >= 11 is 0. The van der Waals surface area contributed by atoms with E-state index in [0.717, 1.165) is 63.1 Å². The lowest BCUT2D eigenvalue weighted by atomic mass is 9.53. The number of hydrogen-bond acceptors (Lipinski definition) is 7. The fourth-order valence-corrected chi connectivity index (χ4v) is 6.96. The van der Waals surface area contributed by atoms with Crippen molar-refractivity contribution in [1.82, 2.24) is 15.1 Å². The molecule has 41 heavy (non-hydrogen) atoms. The van der Waals surface area contributed by atoms with Crippen molar-refractivity contribution in [3.05, 3.63) is 47.9 Å². The Labute approximate surface area is 237 Å². The van der Waals surface area contributed by atoms with Gasteiger partial charge in [-0.25, -0.2) is 13.8 Å². The Morgan fingerprint density at radius 1 is 1.10 bits per heavy atom. The zero-order valence-electron chi connectivity index (χ0n) is 23.5. The third-order valence-electron chi connectivity index (χ3n) is 9.97. The summed E-state index contributed by atoms with van der Waals surface area (Å²) < 4.78 is 39.1. The van der Waals surface area contributed by atoms with Gasteiger partial charge in [0.2, 0.25) is 23.6 Å². The number of oxazole rings is 1. The first-order valence-corrected chi connectivity index (χ1v) is 14.8. The molecule has 8 rings (SSSR count). The molecule has 2 aromatic heterocycles. The molecule has 0 unspecified atom stereocenters. The predicted octanol–water partition coefficient (Wildman–Crippen LogP) is 6.50. The van der Waals surface area contributed by atoms with E-state index < -0.39 is 30.3 Å². The lowest BCUT2D eigenvalue weighted by Gasteiger charge is -2.53. The minimum Gasteiger partial charge on any atom is -0.444 e. The predicted molar refractivity (Wildman–Crippen MR) is 145 cm³/mol. The number of rotatable bonds is 8. The highest BCUT2D eigenvalue weighted by molar-refractivity contribution is 5.96. The molecule has 0 atom stereocenters. The van der Waals surface area contributed by atoms with Crippen LogP contribution in [0.2, 0.25) is 0 Å². The summed E-state index contributed by atoms with van der Waals surface area (Å²) in [4.78, 5) is 24.8. The van der Waals surface area contributed by atoms with E-state index in [1.165, 1.54) is 6.26 Å². The smallest absolute Gasteiger partial charge is 0.249 e. The van der Waals surface area contributed by atoms with Crippen LogP contribution >= 0.6 is 0 Å². The monoisotopic (exact) mass is 566 g/mol. The number of benzene rings is 1. The van der Waals surface area contributed by atoms with Crippen molar-refractivity contribution in [2.45, 2.75) is 101 Å². The van der Waals surface area contributed by atoms with Crippen LogP contribution in [0.1, 0.15) is 101 Å². The molecule has 10 heteroatoms. The topological polar surface area (TPSA) is 105 Å². The molecule has 3 aromatic rings. The number of aliphatic hydroxyl groups is 1. The van der Waals surface area contributed by atoms with E-state index in [0.29, 0.717) is 35.3 Å². The van der Waals surface area contributed by atoms with Gasteiger partial charge >= 0.3 is 0 Å². The van der Waals surface area contributed by atoms with Crippen molar-refractivity contribution >= 4 is 11.6 Å². The van der Waals surface area contributed by atoms with E-state index in [4.69, 9.17) is 13.9 Å². The van der Waals surface area contributed by atoms with Gasteiger partial charge in [0, 0.05) is 47.9 Å². The second-order valence-corrected chi connectivity index (χ2v) is 13.5. The molecule has 1 amide bonds. The number of nitrogens with zero attached hydrogens (tertiary/aromatic N) is 4. The highest BCUT2D eigenvalue weighted by Crippen LogP contribution is 2.58. The molecule has 1 N–H and O–H groups in total. The molecule has 8 nitrogen and oxygen atoms in total. The van der Waals surface area contributed by atoms with Crippen LogP contribution in [-0.2, 0) is 15.8 Å². The van der Waals surface area contributed by atoms with Crippen molar-refractivity contribution in [2.75, 3.05) is 11.4 Å². The molecule has 5 aliphatic rings. The first kappa shape index (κ1) is 26.7. The average Bonchev–Trinajstić information content (AvgIpc) is 3.43. The lowest BCUT2D eigenvalue weighted by Crippen LogP contribution is -2.53. The zero-order valence-corrected chi connectivity index (χ0v) is 23.5. The van der Waals surface area contributed by atoms with E-state index in [1.807, 2.05) is 24.3 Å². The largest absolute Gasteiger partial charge is 0.444 e. The molecular formula is C31H36F2N4O4. The minimum absolute atomic E-state index is 0.101. The summed E-state index contributed by atoms with van der Waals surface area (Å²) in [6.07, 6.45) is 8.34. The fourth-order valence-electron chi connectivity index (χ4n) is 6.96. The highest BCUT2D eigenvalue weighted by atomic mass is 19.3. The van der Waals surface area contributed by atoms with E-state index in [1.54, 1.807) is 18.7 Å².